The van der Waals surface area contributed by atoms with E-state index in [2.05, 4.69) is 24.8 Å². The van der Waals surface area contributed by atoms with Gasteiger partial charge in [0.05, 0.1) is 4.91 Å². The topological polar surface area (TPSA) is 69.3 Å². The minimum Gasteiger partial charge on any atom is -0.357 e. The molecule has 0 aliphatic carbocycles. The van der Waals surface area contributed by atoms with Crippen LogP contribution in [0.15, 0.2) is 9.70 Å². The first-order valence-corrected chi connectivity index (χ1v) is 15.3. The quantitative estimate of drug-likeness (QED) is 0.165. The van der Waals surface area contributed by atoms with Crippen molar-refractivity contribution in [1.29, 1.82) is 5.26 Å². The third-order valence-electron chi connectivity index (χ3n) is 7.37. The van der Waals surface area contributed by atoms with Crippen molar-refractivity contribution in [3.8, 4) is 6.07 Å². The highest BCUT2D eigenvalue weighted by molar-refractivity contribution is 8.26. The van der Waals surface area contributed by atoms with Gasteiger partial charge in [-0.1, -0.05) is 89.2 Å². The van der Waals surface area contributed by atoms with E-state index < -0.39 is 0 Å². The van der Waals surface area contributed by atoms with Crippen LogP contribution in [0.3, 0.4) is 0 Å². The van der Waals surface area contributed by atoms with E-state index in [1.807, 2.05) is 13.0 Å². The fraction of sp³-hybridized carbons (Fsp3) is 0.655. The summed E-state index contributed by atoms with van der Waals surface area (Å²) in [6, 6.07) is 2.16. The Labute approximate surface area is 232 Å². The van der Waals surface area contributed by atoms with Crippen LogP contribution in [0.25, 0.3) is 6.08 Å². The lowest BCUT2D eigenvalue weighted by atomic mass is 10.0. The monoisotopic (exact) mass is 542 g/mol. The summed E-state index contributed by atoms with van der Waals surface area (Å²) in [7, 11) is 0. The second kappa shape index (κ2) is 14.7. The van der Waals surface area contributed by atoms with Crippen molar-refractivity contribution >= 4 is 46.1 Å². The molecule has 0 spiro atoms. The Morgan fingerprint density at radius 2 is 1.59 bits per heavy atom. The van der Waals surface area contributed by atoms with Crippen LogP contribution in [0.1, 0.15) is 108 Å². The molecule has 0 atom stereocenters. The zero-order valence-electron chi connectivity index (χ0n) is 22.8. The van der Waals surface area contributed by atoms with Gasteiger partial charge >= 0.3 is 0 Å². The minimum absolute atomic E-state index is 0.0606. The Hall–Kier alpha value is -2.11. The molecule has 2 aliphatic rings. The lowest BCUT2D eigenvalue weighted by molar-refractivity contribution is -0.122. The molecule has 2 saturated heterocycles. The lowest BCUT2D eigenvalue weighted by Crippen LogP contribution is -2.35. The van der Waals surface area contributed by atoms with Crippen molar-refractivity contribution in [3.05, 3.63) is 31.9 Å². The number of aromatic nitrogens is 1. The summed E-state index contributed by atoms with van der Waals surface area (Å²) in [5.74, 6) is 0.799. The fourth-order valence-electron chi connectivity index (χ4n) is 5.17. The number of anilines is 1. The third-order valence-corrected chi connectivity index (χ3v) is 8.75. The Morgan fingerprint density at radius 1 is 0.946 bits per heavy atom. The molecule has 2 fully saturated rings. The van der Waals surface area contributed by atoms with Gasteiger partial charge in [-0.15, -0.1) is 0 Å². The van der Waals surface area contributed by atoms with Crippen LogP contribution in [0.2, 0.25) is 0 Å². The first-order valence-electron chi connectivity index (χ1n) is 14.1. The molecule has 2 aliphatic heterocycles. The first kappa shape index (κ1) is 29.4. The number of hydrogen-bond acceptors (Lipinski definition) is 6. The number of thiocarbonyl (C=S) groups is 1. The molecule has 1 aromatic rings. The van der Waals surface area contributed by atoms with E-state index in [4.69, 9.17) is 12.2 Å². The molecule has 3 heterocycles. The van der Waals surface area contributed by atoms with E-state index in [9.17, 15) is 14.9 Å². The van der Waals surface area contributed by atoms with E-state index >= 15 is 0 Å². The van der Waals surface area contributed by atoms with Crippen LogP contribution in [0.5, 0.6) is 0 Å². The summed E-state index contributed by atoms with van der Waals surface area (Å²) in [5, 5.41) is 9.89. The minimum atomic E-state index is -0.222. The molecule has 0 aromatic carbocycles. The number of unbranched alkanes of at least 4 members (excludes halogenated alkanes) is 6. The molecule has 0 saturated carbocycles. The fourth-order valence-corrected chi connectivity index (χ4v) is 6.46. The standard InChI is InChI=1S/C29H42N4O2S2/c1-4-6-8-9-10-15-19-33-28(35)25(37-29(33)36)20-23-22(3)24(21-30)27(34)32(18-7-5-2)26(23)31-16-13-11-12-14-17-31/h20H,4-19H2,1-3H3/b25-20-. The van der Waals surface area contributed by atoms with Gasteiger partial charge in [-0.25, -0.2) is 0 Å². The predicted molar refractivity (Wildman–Crippen MR) is 159 cm³/mol. The van der Waals surface area contributed by atoms with E-state index in [-0.39, 0.29) is 17.0 Å². The Bertz CT molecular complexity index is 1090. The average Bonchev–Trinajstić information content (AvgIpc) is 3.05. The molecule has 3 rings (SSSR count). The van der Waals surface area contributed by atoms with Crippen molar-refractivity contribution < 1.29 is 4.79 Å². The maximum Gasteiger partial charge on any atom is 0.270 e. The van der Waals surface area contributed by atoms with Crippen molar-refractivity contribution in [3.63, 3.8) is 0 Å². The molecule has 0 radical (unpaired) electrons. The maximum atomic E-state index is 13.4. The Kier molecular flexibility index (Phi) is 11.7. The molecule has 37 heavy (non-hydrogen) atoms. The number of amides is 1. The molecular formula is C29H42N4O2S2. The van der Waals surface area contributed by atoms with E-state index in [1.165, 1.54) is 50.3 Å². The third kappa shape index (κ3) is 7.26. The number of rotatable bonds is 12. The molecule has 1 amide bonds. The van der Waals surface area contributed by atoms with Crippen LogP contribution in [0.4, 0.5) is 5.82 Å². The molecule has 202 valence electrons. The van der Waals surface area contributed by atoms with Gasteiger partial charge < -0.3 is 4.90 Å². The van der Waals surface area contributed by atoms with Crippen LogP contribution in [0, 0.1) is 18.3 Å². The van der Waals surface area contributed by atoms with Crippen molar-refractivity contribution in [1.82, 2.24) is 9.47 Å². The number of hydrogen-bond donors (Lipinski definition) is 0. The van der Waals surface area contributed by atoms with Gasteiger partial charge in [0.15, 0.2) is 0 Å². The summed E-state index contributed by atoms with van der Waals surface area (Å²) in [4.78, 5) is 31.5. The number of carbonyl (C=O) groups excluding carboxylic acids is 1. The molecule has 0 bridgehead atoms. The van der Waals surface area contributed by atoms with Gasteiger partial charge in [0.1, 0.15) is 21.8 Å². The largest absolute Gasteiger partial charge is 0.357 e. The number of thioether (sulfide) groups is 1. The van der Waals surface area contributed by atoms with Gasteiger partial charge in [-0.3, -0.25) is 19.1 Å². The highest BCUT2D eigenvalue weighted by Gasteiger charge is 2.33. The summed E-state index contributed by atoms with van der Waals surface area (Å²) in [5.41, 5.74) is 1.42. The Balaban J connectivity index is 1.99. The number of pyridine rings is 1. The van der Waals surface area contributed by atoms with Gasteiger partial charge in [0.2, 0.25) is 0 Å². The molecular weight excluding hydrogens is 500 g/mol. The summed E-state index contributed by atoms with van der Waals surface area (Å²) >= 11 is 6.94. The molecule has 0 N–H and O–H groups in total. The van der Waals surface area contributed by atoms with Gasteiger partial charge in [0.25, 0.3) is 11.5 Å². The van der Waals surface area contributed by atoms with Crippen LogP contribution >= 0.6 is 24.0 Å². The van der Waals surface area contributed by atoms with Gasteiger partial charge in [-0.05, 0) is 44.2 Å². The SMILES string of the molecule is CCCCCCCCN1C(=O)/C(=C/c2c(C)c(C#N)c(=O)n(CCCC)c2N2CCCCCC2)SC1=S. The average molecular weight is 543 g/mol. The zero-order valence-corrected chi connectivity index (χ0v) is 24.4. The van der Waals surface area contributed by atoms with Crippen molar-refractivity contribution in [2.24, 2.45) is 0 Å². The molecule has 6 nitrogen and oxygen atoms in total. The smallest absolute Gasteiger partial charge is 0.270 e. The maximum absolute atomic E-state index is 13.4. The van der Waals surface area contributed by atoms with Crippen LogP contribution in [-0.2, 0) is 11.3 Å². The number of nitriles is 1. The lowest BCUT2D eigenvalue weighted by Gasteiger charge is -2.29. The second-order valence-electron chi connectivity index (χ2n) is 10.2. The second-order valence-corrected chi connectivity index (χ2v) is 11.8. The first-order chi connectivity index (χ1) is 17.9. The van der Waals surface area contributed by atoms with Crippen LogP contribution < -0.4 is 10.5 Å². The highest BCUT2D eigenvalue weighted by Crippen LogP contribution is 2.36. The number of nitrogens with zero attached hydrogens (tertiary/aromatic N) is 4. The van der Waals surface area contributed by atoms with E-state index in [1.54, 1.807) is 9.47 Å². The number of carbonyl (C=O) groups is 1. The van der Waals surface area contributed by atoms with Crippen molar-refractivity contribution in [2.45, 2.75) is 104 Å². The Morgan fingerprint density at radius 3 is 2.24 bits per heavy atom. The predicted octanol–water partition coefficient (Wildman–Crippen LogP) is 6.77. The van der Waals surface area contributed by atoms with Gasteiger partial charge in [-0.2, -0.15) is 5.26 Å². The van der Waals surface area contributed by atoms with Crippen molar-refractivity contribution in [2.75, 3.05) is 24.5 Å². The van der Waals surface area contributed by atoms with Gasteiger partial charge in [0, 0.05) is 31.7 Å². The van der Waals surface area contributed by atoms with E-state index in [0.29, 0.717) is 27.9 Å². The normalized spacial score (nSPS) is 17.5. The van der Waals surface area contributed by atoms with Crippen LogP contribution in [-0.4, -0.2) is 39.3 Å². The molecule has 1 aromatic heterocycles. The molecule has 8 heteroatoms. The summed E-state index contributed by atoms with van der Waals surface area (Å²) in [6.07, 6.45) is 15.2. The summed E-state index contributed by atoms with van der Waals surface area (Å²) in [6.45, 7) is 9.11. The molecule has 0 unspecified atom stereocenters. The van der Waals surface area contributed by atoms with E-state index in [0.717, 1.165) is 63.0 Å². The highest BCUT2D eigenvalue weighted by atomic mass is 32.2. The zero-order chi connectivity index (χ0) is 26.8. The summed E-state index contributed by atoms with van der Waals surface area (Å²) < 4.78 is 2.39.